The average Bonchev–Trinajstić information content (AvgIpc) is 2.47. The minimum Gasteiger partial charge on any atom is -0.465 e. The third-order valence-electron chi connectivity index (χ3n) is 3.57. The van der Waals surface area contributed by atoms with Crippen LogP contribution in [0.5, 0.6) is 11.5 Å². The van der Waals surface area contributed by atoms with E-state index in [-0.39, 0.29) is 6.29 Å². The van der Waals surface area contributed by atoms with E-state index in [1.807, 2.05) is 25.1 Å². The van der Waals surface area contributed by atoms with E-state index in [0.717, 1.165) is 42.8 Å². The van der Waals surface area contributed by atoms with Crippen molar-refractivity contribution in [2.45, 2.75) is 38.8 Å². The van der Waals surface area contributed by atoms with E-state index >= 15 is 0 Å². The zero-order chi connectivity index (χ0) is 14.1. The van der Waals surface area contributed by atoms with Crippen LogP contribution >= 0.6 is 15.9 Å². The summed E-state index contributed by atoms with van der Waals surface area (Å²) in [6.45, 7) is 2.70. The van der Waals surface area contributed by atoms with Gasteiger partial charge in [-0.05, 0) is 59.5 Å². The van der Waals surface area contributed by atoms with Crippen molar-refractivity contribution in [2.24, 2.45) is 0 Å². The quantitative estimate of drug-likeness (QED) is 0.895. The lowest BCUT2D eigenvalue weighted by Crippen LogP contribution is -2.25. The van der Waals surface area contributed by atoms with Crippen LogP contribution in [0.2, 0.25) is 0 Å². The minimum atomic E-state index is -0.934. The number of rotatable bonds is 2. The van der Waals surface area contributed by atoms with E-state index in [1.54, 1.807) is 0 Å². The van der Waals surface area contributed by atoms with Crippen LogP contribution in [-0.2, 0) is 4.74 Å². The molecule has 1 saturated heterocycles. The van der Waals surface area contributed by atoms with E-state index in [9.17, 15) is 5.11 Å². The second-order valence-electron chi connectivity index (χ2n) is 5.02. The number of aliphatic hydroxyl groups excluding tert-OH is 1. The van der Waals surface area contributed by atoms with Crippen LogP contribution in [0.25, 0.3) is 5.57 Å². The van der Waals surface area contributed by atoms with Gasteiger partial charge in [-0.15, -0.1) is 0 Å². The Balaban J connectivity index is 1.83. The number of hydrogen-bond donors (Lipinski definition) is 1. The summed E-state index contributed by atoms with van der Waals surface area (Å²) in [5, 5.41) is 9.75. The normalized spacial score (nSPS) is 25.9. The van der Waals surface area contributed by atoms with E-state index in [4.69, 9.17) is 14.2 Å². The molecule has 3 rings (SSSR count). The van der Waals surface area contributed by atoms with Crippen molar-refractivity contribution in [1.29, 1.82) is 0 Å². The van der Waals surface area contributed by atoms with Gasteiger partial charge in [-0.25, -0.2) is 0 Å². The molecule has 2 aliphatic rings. The van der Waals surface area contributed by atoms with Crippen molar-refractivity contribution in [3.63, 3.8) is 0 Å². The zero-order valence-corrected chi connectivity index (χ0v) is 12.9. The first-order valence-corrected chi connectivity index (χ1v) is 7.58. The lowest BCUT2D eigenvalue weighted by Gasteiger charge is -2.26. The number of hydrogen-bond acceptors (Lipinski definition) is 4. The highest BCUT2D eigenvalue weighted by Gasteiger charge is 2.24. The molecule has 0 bridgehead atoms. The highest BCUT2D eigenvalue weighted by atomic mass is 79.9. The molecular formula is C15H17BrO4. The van der Waals surface area contributed by atoms with Gasteiger partial charge in [0.15, 0.2) is 6.29 Å². The second-order valence-corrected chi connectivity index (χ2v) is 5.87. The number of aliphatic hydroxyl groups is 1. The first kappa shape index (κ1) is 13.9. The number of halogens is 1. The lowest BCUT2D eigenvalue weighted by molar-refractivity contribution is -0.105. The summed E-state index contributed by atoms with van der Waals surface area (Å²) in [6, 6.07) is 5.59. The van der Waals surface area contributed by atoms with Crippen molar-refractivity contribution in [1.82, 2.24) is 0 Å². The van der Waals surface area contributed by atoms with Crippen molar-refractivity contribution in [3.05, 3.63) is 28.2 Å². The molecule has 0 spiro atoms. The second kappa shape index (κ2) is 5.76. The fourth-order valence-electron chi connectivity index (χ4n) is 2.42. The molecule has 0 amide bonds. The van der Waals surface area contributed by atoms with Crippen LogP contribution in [0.1, 0.15) is 31.7 Å². The van der Waals surface area contributed by atoms with E-state index in [1.165, 1.54) is 0 Å². The van der Waals surface area contributed by atoms with Crippen molar-refractivity contribution < 1.29 is 19.3 Å². The van der Waals surface area contributed by atoms with Gasteiger partial charge in [-0.3, -0.25) is 0 Å². The smallest absolute Gasteiger partial charge is 0.231 e. The molecule has 0 saturated carbocycles. The Bertz CT molecular complexity index is 535. The van der Waals surface area contributed by atoms with Crippen molar-refractivity contribution in [3.8, 4) is 11.5 Å². The largest absolute Gasteiger partial charge is 0.465 e. The van der Waals surface area contributed by atoms with Crippen molar-refractivity contribution in [2.75, 3.05) is 6.61 Å². The van der Waals surface area contributed by atoms with Crippen LogP contribution in [0.15, 0.2) is 22.7 Å². The Labute approximate surface area is 126 Å². The summed E-state index contributed by atoms with van der Waals surface area (Å²) in [5.74, 6) is 1.42. The number of benzene rings is 1. The molecule has 2 heterocycles. The molecule has 0 unspecified atom stereocenters. The SMILES string of the molecule is CC1=C(Br)[C@@H](O)Oc2ccc(O[C@H]3CCCCO3)cc21. The Morgan fingerprint density at radius 2 is 2.20 bits per heavy atom. The van der Waals surface area contributed by atoms with Crippen LogP contribution in [0.4, 0.5) is 0 Å². The van der Waals surface area contributed by atoms with Gasteiger partial charge >= 0.3 is 0 Å². The van der Waals surface area contributed by atoms with Crippen molar-refractivity contribution >= 4 is 21.5 Å². The van der Waals surface area contributed by atoms with Gasteiger partial charge in [0.05, 0.1) is 11.1 Å². The summed E-state index contributed by atoms with van der Waals surface area (Å²) < 4.78 is 17.5. The maximum Gasteiger partial charge on any atom is 0.231 e. The van der Waals surface area contributed by atoms with E-state index in [2.05, 4.69) is 15.9 Å². The minimum absolute atomic E-state index is 0.162. The Hall–Kier alpha value is -1.04. The molecule has 0 aliphatic carbocycles. The summed E-state index contributed by atoms with van der Waals surface area (Å²) in [7, 11) is 0. The molecule has 108 valence electrons. The summed E-state index contributed by atoms with van der Waals surface area (Å²) in [6.07, 6.45) is 2.06. The number of fused-ring (bicyclic) bond motifs is 1. The maximum atomic E-state index is 9.75. The molecule has 1 N–H and O–H groups in total. The molecule has 1 aromatic rings. The predicted molar refractivity (Wildman–Crippen MR) is 78.8 cm³/mol. The van der Waals surface area contributed by atoms with Crippen LogP contribution < -0.4 is 9.47 Å². The number of allylic oxidation sites excluding steroid dienone is 1. The molecule has 2 aliphatic heterocycles. The fourth-order valence-corrected chi connectivity index (χ4v) is 2.73. The summed E-state index contributed by atoms with van der Waals surface area (Å²) in [5.41, 5.74) is 1.88. The molecule has 1 fully saturated rings. The molecule has 0 aromatic heterocycles. The van der Waals surface area contributed by atoms with Gasteiger partial charge in [-0.1, -0.05) is 0 Å². The predicted octanol–water partition coefficient (Wildman–Crippen LogP) is 3.43. The van der Waals surface area contributed by atoms with Gasteiger partial charge in [0.1, 0.15) is 11.5 Å². The summed E-state index contributed by atoms with van der Waals surface area (Å²) >= 11 is 3.35. The lowest BCUT2D eigenvalue weighted by atomic mass is 10.0. The standard InChI is InChI=1S/C15H17BrO4/c1-9-11-8-10(19-13-4-2-3-7-18-13)5-6-12(11)20-15(17)14(9)16/h5-6,8,13,15,17H,2-4,7H2,1H3/t13-,15-/m0/s1. The van der Waals surface area contributed by atoms with E-state index in [0.29, 0.717) is 10.2 Å². The van der Waals surface area contributed by atoms with Gasteiger partial charge in [0.2, 0.25) is 6.29 Å². The van der Waals surface area contributed by atoms with Crippen LogP contribution in [0, 0.1) is 0 Å². The zero-order valence-electron chi connectivity index (χ0n) is 11.3. The van der Waals surface area contributed by atoms with Gasteiger partial charge < -0.3 is 19.3 Å². The Morgan fingerprint density at radius 1 is 1.35 bits per heavy atom. The van der Waals surface area contributed by atoms with Gasteiger partial charge in [0, 0.05) is 12.0 Å². The monoisotopic (exact) mass is 340 g/mol. The first-order valence-electron chi connectivity index (χ1n) is 6.79. The molecule has 20 heavy (non-hydrogen) atoms. The maximum absolute atomic E-state index is 9.75. The highest BCUT2D eigenvalue weighted by molar-refractivity contribution is 9.11. The molecule has 5 heteroatoms. The number of ether oxygens (including phenoxy) is 3. The fraction of sp³-hybridized carbons (Fsp3) is 0.467. The summed E-state index contributed by atoms with van der Waals surface area (Å²) in [4.78, 5) is 0. The van der Waals surface area contributed by atoms with Gasteiger partial charge in [0.25, 0.3) is 0 Å². The van der Waals surface area contributed by atoms with E-state index < -0.39 is 6.29 Å². The van der Waals surface area contributed by atoms with Crippen LogP contribution in [-0.4, -0.2) is 24.3 Å². The molecular weight excluding hydrogens is 324 g/mol. The third-order valence-corrected chi connectivity index (χ3v) is 4.56. The topological polar surface area (TPSA) is 47.9 Å². The molecule has 2 atom stereocenters. The van der Waals surface area contributed by atoms with Gasteiger partial charge in [-0.2, -0.15) is 0 Å². The Morgan fingerprint density at radius 3 is 2.95 bits per heavy atom. The highest BCUT2D eigenvalue weighted by Crippen LogP contribution is 2.39. The average molecular weight is 341 g/mol. The van der Waals surface area contributed by atoms with Crippen LogP contribution in [0.3, 0.4) is 0 Å². The Kier molecular flexibility index (Phi) is 4.01. The molecule has 1 aromatic carbocycles. The third kappa shape index (κ3) is 2.71. The molecule has 4 nitrogen and oxygen atoms in total. The first-order chi connectivity index (χ1) is 9.65. The molecule has 0 radical (unpaired) electrons.